The maximum Gasteiger partial charge on any atom is 0.168 e. The van der Waals surface area contributed by atoms with Gasteiger partial charge in [-0.1, -0.05) is 0 Å². The number of pyridine rings is 1. The minimum Gasteiger partial charge on any atom is -0.484 e. The minimum atomic E-state index is 0.318. The Morgan fingerprint density at radius 1 is 1.44 bits per heavy atom. The summed E-state index contributed by atoms with van der Waals surface area (Å²) < 4.78 is 7.06. The number of carbonyl (C=O) groups is 1. The molecule has 16 heavy (non-hydrogen) atoms. The second kappa shape index (κ2) is 4.52. The van der Waals surface area contributed by atoms with Gasteiger partial charge in [0.15, 0.2) is 12.1 Å². The Hall–Kier alpha value is -2.24. The third-order valence-electron chi connectivity index (χ3n) is 2.05. The quantitative estimate of drug-likeness (QED) is 0.703. The summed E-state index contributed by atoms with van der Waals surface area (Å²) in [5.41, 5.74) is 0.381. The van der Waals surface area contributed by atoms with Gasteiger partial charge in [-0.15, -0.1) is 0 Å². The second-order valence-corrected chi connectivity index (χ2v) is 3.13. The second-order valence-electron chi connectivity index (χ2n) is 3.13. The Morgan fingerprint density at radius 3 is 2.88 bits per heavy atom. The first kappa shape index (κ1) is 10.3. The third-order valence-corrected chi connectivity index (χ3v) is 2.05. The van der Waals surface area contributed by atoms with Crippen molar-refractivity contribution in [2.75, 3.05) is 0 Å². The molecular formula is C10H10N4O2. The Balaban J connectivity index is 1.99. The first-order valence-electron chi connectivity index (χ1n) is 4.66. The van der Waals surface area contributed by atoms with E-state index in [-0.39, 0.29) is 0 Å². The Kier molecular flexibility index (Phi) is 2.90. The number of hydrogen-bond donors (Lipinski definition) is 0. The fourth-order valence-electron chi connectivity index (χ4n) is 1.15. The number of aryl methyl sites for hydroxylation is 1. The van der Waals surface area contributed by atoms with Crippen molar-refractivity contribution in [3.8, 4) is 5.75 Å². The van der Waals surface area contributed by atoms with Crippen molar-refractivity contribution in [1.82, 2.24) is 19.7 Å². The highest BCUT2D eigenvalue weighted by Crippen LogP contribution is 2.09. The molecule has 0 unspecified atom stereocenters. The standard InChI is InChI=1S/C10H10N4O2/c1-14-10(12-7-13-14)6-16-9-3-2-8(5-15)11-4-9/h2-5,7H,6H2,1H3. The third kappa shape index (κ3) is 2.22. The smallest absolute Gasteiger partial charge is 0.168 e. The van der Waals surface area contributed by atoms with Crippen LogP contribution in [0.2, 0.25) is 0 Å². The van der Waals surface area contributed by atoms with Crippen LogP contribution in [0.1, 0.15) is 16.3 Å². The molecule has 0 aliphatic carbocycles. The van der Waals surface area contributed by atoms with Crippen LogP contribution in [0, 0.1) is 0 Å². The Morgan fingerprint density at radius 2 is 2.31 bits per heavy atom. The zero-order valence-corrected chi connectivity index (χ0v) is 8.70. The first-order valence-corrected chi connectivity index (χ1v) is 4.66. The van der Waals surface area contributed by atoms with Gasteiger partial charge in [-0.05, 0) is 12.1 Å². The summed E-state index contributed by atoms with van der Waals surface area (Å²) in [7, 11) is 1.79. The van der Waals surface area contributed by atoms with Gasteiger partial charge in [-0.25, -0.2) is 9.97 Å². The van der Waals surface area contributed by atoms with Gasteiger partial charge in [0.25, 0.3) is 0 Å². The lowest BCUT2D eigenvalue weighted by Crippen LogP contribution is -2.04. The highest BCUT2D eigenvalue weighted by atomic mass is 16.5. The molecule has 0 atom stereocenters. The maximum absolute atomic E-state index is 10.4. The summed E-state index contributed by atoms with van der Waals surface area (Å²) in [5.74, 6) is 1.31. The zero-order valence-electron chi connectivity index (χ0n) is 8.70. The van der Waals surface area contributed by atoms with E-state index in [0.29, 0.717) is 24.3 Å². The van der Waals surface area contributed by atoms with E-state index in [1.54, 1.807) is 23.9 Å². The van der Waals surface area contributed by atoms with Gasteiger partial charge in [0.1, 0.15) is 24.4 Å². The molecule has 0 amide bonds. The van der Waals surface area contributed by atoms with Crippen LogP contribution in [0.25, 0.3) is 0 Å². The summed E-state index contributed by atoms with van der Waals surface area (Å²) in [6.07, 6.45) is 3.65. The molecule has 2 aromatic rings. The van der Waals surface area contributed by atoms with Crippen molar-refractivity contribution in [3.05, 3.63) is 36.2 Å². The average molecular weight is 218 g/mol. The number of rotatable bonds is 4. The van der Waals surface area contributed by atoms with Crippen molar-refractivity contribution in [1.29, 1.82) is 0 Å². The molecule has 0 radical (unpaired) electrons. The summed E-state index contributed by atoms with van der Waals surface area (Å²) in [5, 5.41) is 3.92. The highest BCUT2D eigenvalue weighted by Gasteiger charge is 2.01. The van der Waals surface area contributed by atoms with Gasteiger partial charge in [0.05, 0.1) is 6.20 Å². The molecule has 0 spiro atoms. The van der Waals surface area contributed by atoms with Crippen LogP contribution in [-0.4, -0.2) is 26.0 Å². The van der Waals surface area contributed by atoms with E-state index in [0.717, 1.165) is 5.82 Å². The molecule has 0 aliphatic heterocycles. The molecule has 82 valence electrons. The molecule has 6 nitrogen and oxygen atoms in total. The Labute approximate surface area is 91.9 Å². The van der Waals surface area contributed by atoms with E-state index in [9.17, 15) is 4.79 Å². The molecule has 0 fully saturated rings. The van der Waals surface area contributed by atoms with Gasteiger partial charge in [-0.2, -0.15) is 5.10 Å². The van der Waals surface area contributed by atoms with E-state index in [2.05, 4.69) is 15.1 Å². The van der Waals surface area contributed by atoms with E-state index < -0.39 is 0 Å². The van der Waals surface area contributed by atoms with Gasteiger partial charge in [-0.3, -0.25) is 9.48 Å². The molecule has 0 saturated heterocycles. The maximum atomic E-state index is 10.4. The van der Waals surface area contributed by atoms with Crippen LogP contribution in [0.4, 0.5) is 0 Å². The van der Waals surface area contributed by atoms with Crippen molar-refractivity contribution in [2.24, 2.45) is 7.05 Å². The summed E-state index contributed by atoms with van der Waals surface area (Å²) in [4.78, 5) is 18.3. The van der Waals surface area contributed by atoms with Crippen molar-refractivity contribution < 1.29 is 9.53 Å². The Bertz CT molecular complexity index is 478. The molecule has 0 N–H and O–H groups in total. The SMILES string of the molecule is Cn1ncnc1COc1ccc(C=O)nc1. The fraction of sp³-hybridized carbons (Fsp3) is 0.200. The summed E-state index contributed by atoms with van der Waals surface area (Å²) in [6.45, 7) is 0.318. The normalized spacial score (nSPS) is 10.1. The molecule has 6 heteroatoms. The number of nitrogens with zero attached hydrogens (tertiary/aromatic N) is 4. The summed E-state index contributed by atoms with van der Waals surface area (Å²) in [6, 6.07) is 3.28. The summed E-state index contributed by atoms with van der Waals surface area (Å²) >= 11 is 0. The molecular weight excluding hydrogens is 208 g/mol. The lowest BCUT2D eigenvalue weighted by Gasteiger charge is -2.04. The molecule has 0 bridgehead atoms. The number of carbonyl (C=O) groups excluding carboxylic acids is 1. The van der Waals surface area contributed by atoms with E-state index in [1.807, 2.05) is 0 Å². The van der Waals surface area contributed by atoms with E-state index >= 15 is 0 Å². The molecule has 0 aliphatic rings. The molecule has 0 saturated carbocycles. The van der Waals surface area contributed by atoms with Crippen LogP contribution >= 0.6 is 0 Å². The molecule has 2 heterocycles. The zero-order chi connectivity index (χ0) is 11.4. The number of hydrogen-bond acceptors (Lipinski definition) is 5. The average Bonchev–Trinajstić information content (AvgIpc) is 2.73. The minimum absolute atomic E-state index is 0.318. The largest absolute Gasteiger partial charge is 0.484 e. The van der Waals surface area contributed by atoms with Crippen LogP contribution in [0.5, 0.6) is 5.75 Å². The van der Waals surface area contributed by atoms with Crippen LogP contribution in [0.3, 0.4) is 0 Å². The lowest BCUT2D eigenvalue weighted by atomic mass is 10.4. The van der Waals surface area contributed by atoms with Gasteiger partial charge < -0.3 is 4.74 Å². The predicted octanol–water partition coefficient (Wildman–Crippen LogP) is 0.602. The lowest BCUT2D eigenvalue weighted by molar-refractivity contribution is 0.111. The monoisotopic (exact) mass is 218 g/mol. The predicted molar refractivity (Wildman–Crippen MR) is 55.0 cm³/mol. The van der Waals surface area contributed by atoms with E-state index in [4.69, 9.17) is 4.74 Å². The van der Waals surface area contributed by atoms with Crippen molar-refractivity contribution in [3.63, 3.8) is 0 Å². The van der Waals surface area contributed by atoms with Crippen LogP contribution < -0.4 is 4.74 Å². The van der Waals surface area contributed by atoms with Crippen LogP contribution in [0.15, 0.2) is 24.7 Å². The van der Waals surface area contributed by atoms with E-state index in [1.165, 1.54) is 12.5 Å². The van der Waals surface area contributed by atoms with Gasteiger partial charge in [0.2, 0.25) is 0 Å². The fourth-order valence-corrected chi connectivity index (χ4v) is 1.15. The first-order chi connectivity index (χ1) is 7.79. The topological polar surface area (TPSA) is 69.9 Å². The van der Waals surface area contributed by atoms with Crippen molar-refractivity contribution in [2.45, 2.75) is 6.61 Å². The molecule has 2 aromatic heterocycles. The number of aromatic nitrogens is 4. The van der Waals surface area contributed by atoms with Gasteiger partial charge in [0, 0.05) is 7.05 Å². The number of aldehydes is 1. The van der Waals surface area contributed by atoms with Gasteiger partial charge >= 0.3 is 0 Å². The highest BCUT2D eigenvalue weighted by molar-refractivity contribution is 5.71. The van der Waals surface area contributed by atoms with Crippen molar-refractivity contribution >= 4 is 6.29 Å². The molecule has 2 rings (SSSR count). The van der Waals surface area contributed by atoms with Crippen LogP contribution in [-0.2, 0) is 13.7 Å². The molecule has 0 aromatic carbocycles. The number of ether oxygens (including phenoxy) is 1.